The number of carbonyl (C=O) groups excluding carboxylic acids is 1. The molecule has 0 aromatic carbocycles. The largest absolute Gasteiger partial charge is 0.401 e. The normalized spacial score (nSPS) is 20.1. The Kier molecular flexibility index (Phi) is 6.28. The van der Waals surface area contributed by atoms with E-state index in [2.05, 4.69) is 25.6 Å². The van der Waals surface area contributed by atoms with Gasteiger partial charge in [-0.05, 0) is 38.2 Å². The van der Waals surface area contributed by atoms with Crippen molar-refractivity contribution in [2.45, 2.75) is 57.3 Å². The highest BCUT2D eigenvalue weighted by Crippen LogP contribution is 2.21. The molecule has 1 aliphatic carbocycles. The van der Waals surface area contributed by atoms with Crippen LogP contribution in [0.4, 0.5) is 13.2 Å². The van der Waals surface area contributed by atoms with Crippen LogP contribution in [0.3, 0.4) is 0 Å². The zero-order valence-electron chi connectivity index (χ0n) is 15.5. The van der Waals surface area contributed by atoms with E-state index in [-0.39, 0.29) is 23.7 Å². The molecule has 1 amide bonds. The number of aromatic nitrogens is 4. The number of imidazole rings is 1. The average molecular weight is 396 g/mol. The van der Waals surface area contributed by atoms with Crippen molar-refractivity contribution in [3.63, 3.8) is 0 Å². The summed E-state index contributed by atoms with van der Waals surface area (Å²) in [5.74, 6) is 0.0761. The summed E-state index contributed by atoms with van der Waals surface area (Å²) >= 11 is 0. The smallest absolute Gasteiger partial charge is 0.348 e. The van der Waals surface area contributed by atoms with Gasteiger partial charge in [-0.2, -0.15) is 13.2 Å². The molecule has 2 aromatic rings. The van der Waals surface area contributed by atoms with Crippen LogP contribution in [-0.4, -0.2) is 50.2 Å². The van der Waals surface area contributed by atoms with Gasteiger partial charge >= 0.3 is 6.18 Å². The van der Waals surface area contributed by atoms with Crippen LogP contribution in [-0.2, 0) is 6.42 Å². The summed E-state index contributed by atoms with van der Waals surface area (Å²) in [6, 6.07) is 1.41. The van der Waals surface area contributed by atoms with Gasteiger partial charge in [0.05, 0.1) is 6.54 Å². The molecule has 0 saturated heterocycles. The maximum Gasteiger partial charge on any atom is 0.401 e. The van der Waals surface area contributed by atoms with E-state index in [0.717, 1.165) is 5.69 Å². The first kappa shape index (κ1) is 20.2. The van der Waals surface area contributed by atoms with Crippen molar-refractivity contribution >= 4 is 5.91 Å². The van der Waals surface area contributed by atoms with Crippen LogP contribution in [0.25, 0.3) is 5.95 Å². The number of hydrogen-bond acceptors (Lipinski definition) is 5. The predicted octanol–water partition coefficient (Wildman–Crippen LogP) is 2.42. The lowest BCUT2D eigenvalue weighted by atomic mass is 9.91. The highest BCUT2D eigenvalue weighted by molar-refractivity contribution is 5.92. The second-order valence-electron chi connectivity index (χ2n) is 6.89. The van der Waals surface area contributed by atoms with Crippen LogP contribution < -0.4 is 10.6 Å². The number of aryl methyl sites for hydroxylation is 1. The molecule has 10 heteroatoms. The van der Waals surface area contributed by atoms with Crippen molar-refractivity contribution in [1.82, 2.24) is 30.2 Å². The van der Waals surface area contributed by atoms with Gasteiger partial charge in [0, 0.05) is 30.2 Å². The molecule has 1 saturated carbocycles. The number of alkyl halides is 3. The van der Waals surface area contributed by atoms with E-state index in [4.69, 9.17) is 0 Å². The fourth-order valence-corrected chi connectivity index (χ4v) is 3.24. The van der Waals surface area contributed by atoms with Crippen molar-refractivity contribution in [2.24, 2.45) is 0 Å². The highest BCUT2D eigenvalue weighted by Gasteiger charge is 2.30. The van der Waals surface area contributed by atoms with Crippen LogP contribution in [0.5, 0.6) is 0 Å². The quantitative estimate of drug-likeness (QED) is 0.783. The van der Waals surface area contributed by atoms with Crippen LogP contribution in [0.2, 0.25) is 0 Å². The number of hydrogen-bond donors (Lipinski definition) is 2. The van der Waals surface area contributed by atoms with Crippen LogP contribution in [0.1, 0.15) is 48.8 Å². The van der Waals surface area contributed by atoms with Crippen LogP contribution in [0, 0.1) is 0 Å². The number of rotatable bonds is 6. The van der Waals surface area contributed by atoms with Crippen molar-refractivity contribution in [1.29, 1.82) is 0 Å². The molecule has 0 atom stereocenters. The molecule has 2 N–H and O–H groups in total. The van der Waals surface area contributed by atoms with Gasteiger partial charge in [-0.25, -0.2) is 15.0 Å². The van der Waals surface area contributed by atoms with Gasteiger partial charge in [0.15, 0.2) is 0 Å². The van der Waals surface area contributed by atoms with Crippen molar-refractivity contribution in [3.05, 3.63) is 36.2 Å². The molecule has 0 aliphatic heterocycles. The Bertz CT molecular complexity index is 785. The second-order valence-corrected chi connectivity index (χ2v) is 6.89. The Morgan fingerprint density at radius 1 is 1.21 bits per heavy atom. The van der Waals surface area contributed by atoms with Gasteiger partial charge < -0.3 is 10.6 Å². The van der Waals surface area contributed by atoms with Gasteiger partial charge in [0.25, 0.3) is 5.91 Å². The third kappa shape index (κ3) is 5.51. The molecule has 3 rings (SSSR count). The van der Waals surface area contributed by atoms with Gasteiger partial charge in [-0.15, -0.1) is 0 Å². The van der Waals surface area contributed by atoms with Crippen LogP contribution in [0.15, 0.2) is 24.8 Å². The van der Waals surface area contributed by atoms with Gasteiger partial charge in [0.1, 0.15) is 12.0 Å². The Balaban J connectivity index is 1.59. The summed E-state index contributed by atoms with van der Waals surface area (Å²) < 4.78 is 38.6. The highest BCUT2D eigenvalue weighted by atomic mass is 19.4. The van der Waals surface area contributed by atoms with E-state index in [1.807, 2.05) is 6.92 Å². The average Bonchev–Trinajstić information content (AvgIpc) is 3.21. The lowest BCUT2D eigenvalue weighted by Crippen LogP contribution is -2.44. The molecule has 2 heterocycles. The minimum atomic E-state index is -4.21. The number of nitrogens with one attached hydrogen (secondary N) is 2. The molecule has 7 nitrogen and oxygen atoms in total. The second kappa shape index (κ2) is 8.68. The number of nitrogens with zero attached hydrogens (tertiary/aromatic N) is 4. The van der Waals surface area contributed by atoms with Crippen molar-refractivity contribution < 1.29 is 18.0 Å². The molecule has 1 aliphatic rings. The summed E-state index contributed by atoms with van der Waals surface area (Å²) in [7, 11) is 0. The molecule has 1 fully saturated rings. The fourth-order valence-electron chi connectivity index (χ4n) is 3.24. The van der Waals surface area contributed by atoms with E-state index >= 15 is 0 Å². The Labute approximate surface area is 160 Å². The lowest BCUT2D eigenvalue weighted by molar-refractivity contribution is -0.126. The molecular weight excluding hydrogens is 373 g/mol. The maximum absolute atomic E-state index is 12.7. The number of amides is 1. The van der Waals surface area contributed by atoms with E-state index in [1.165, 1.54) is 0 Å². The summed E-state index contributed by atoms with van der Waals surface area (Å²) in [6.07, 6.45) is 3.74. The zero-order chi connectivity index (χ0) is 20.1. The SMILES string of the molecule is CCc1cc(C(=O)NC2CCC(NCC(F)(F)F)CC2)nc(-n2ccnc2)n1. The summed E-state index contributed by atoms with van der Waals surface area (Å²) in [4.78, 5) is 25.3. The topological polar surface area (TPSA) is 84.7 Å². The lowest BCUT2D eigenvalue weighted by Gasteiger charge is -2.30. The van der Waals surface area contributed by atoms with Crippen molar-refractivity contribution in [2.75, 3.05) is 6.54 Å². The number of halogens is 3. The molecule has 0 unspecified atom stereocenters. The molecule has 0 radical (unpaired) electrons. The fraction of sp³-hybridized carbons (Fsp3) is 0.556. The van der Waals surface area contributed by atoms with Crippen LogP contribution >= 0.6 is 0 Å². The van der Waals surface area contributed by atoms with Gasteiger partial charge in [-0.1, -0.05) is 6.92 Å². The molecule has 28 heavy (non-hydrogen) atoms. The number of carbonyl (C=O) groups is 1. The predicted molar refractivity (Wildman–Crippen MR) is 96.1 cm³/mol. The summed E-state index contributed by atoms with van der Waals surface area (Å²) in [6.45, 7) is 0.962. The van der Waals surface area contributed by atoms with E-state index in [9.17, 15) is 18.0 Å². The molecular formula is C18H23F3N6O. The minimum absolute atomic E-state index is 0.0758. The van der Waals surface area contributed by atoms with Gasteiger partial charge in [0.2, 0.25) is 5.95 Å². The standard InChI is InChI=1S/C18H23F3N6O/c1-2-12-9-15(26-17(25-12)27-8-7-22-11-27)16(28)24-14-5-3-13(4-6-14)23-10-18(19,20)21/h7-9,11,13-14,23H,2-6,10H2,1H3,(H,24,28). The van der Waals surface area contributed by atoms with Crippen molar-refractivity contribution in [3.8, 4) is 5.95 Å². The summed E-state index contributed by atoms with van der Waals surface area (Å²) in [5.41, 5.74) is 1.01. The maximum atomic E-state index is 12.7. The first-order valence-corrected chi connectivity index (χ1v) is 9.31. The molecule has 152 valence electrons. The molecule has 0 spiro atoms. The first-order valence-electron chi connectivity index (χ1n) is 9.31. The third-order valence-electron chi connectivity index (χ3n) is 4.75. The monoisotopic (exact) mass is 396 g/mol. The van der Waals surface area contributed by atoms with E-state index in [1.54, 1.807) is 29.4 Å². The molecule has 0 bridgehead atoms. The Morgan fingerprint density at radius 3 is 2.54 bits per heavy atom. The van der Waals surface area contributed by atoms with E-state index in [0.29, 0.717) is 38.1 Å². The van der Waals surface area contributed by atoms with E-state index < -0.39 is 12.7 Å². The minimum Gasteiger partial charge on any atom is -0.348 e. The van der Waals surface area contributed by atoms with Gasteiger partial charge in [-0.3, -0.25) is 9.36 Å². The molecule has 2 aromatic heterocycles. The summed E-state index contributed by atoms with van der Waals surface area (Å²) in [5, 5.41) is 5.49. The Hall–Kier alpha value is -2.49. The third-order valence-corrected chi connectivity index (χ3v) is 4.75. The first-order chi connectivity index (χ1) is 13.3. The Morgan fingerprint density at radius 2 is 1.93 bits per heavy atom. The zero-order valence-corrected chi connectivity index (χ0v) is 15.5.